The van der Waals surface area contributed by atoms with Crippen molar-refractivity contribution < 1.29 is 33.0 Å². The van der Waals surface area contributed by atoms with Gasteiger partial charge in [0.2, 0.25) is 5.91 Å². The highest BCUT2D eigenvalue weighted by molar-refractivity contribution is 7.13. The van der Waals surface area contributed by atoms with Crippen LogP contribution in [0, 0.1) is 6.92 Å². The number of rotatable bonds is 5. The molecule has 3 heterocycles. The Labute approximate surface area is 185 Å². The minimum absolute atomic E-state index is 0.100. The number of carboxylic acid groups (broad SMARTS) is 1. The number of aromatic nitrogens is 1. The number of carbonyl (C=O) groups excluding carboxylic acids is 1. The van der Waals surface area contributed by atoms with Crippen LogP contribution in [0.3, 0.4) is 0 Å². The summed E-state index contributed by atoms with van der Waals surface area (Å²) in [5.74, 6) is -1.41. The van der Waals surface area contributed by atoms with E-state index in [1.165, 1.54) is 41.0 Å². The van der Waals surface area contributed by atoms with Gasteiger partial charge < -0.3 is 19.9 Å². The van der Waals surface area contributed by atoms with E-state index in [9.17, 15) is 18.4 Å². The van der Waals surface area contributed by atoms with E-state index < -0.39 is 23.6 Å². The summed E-state index contributed by atoms with van der Waals surface area (Å²) >= 11 is 1.24. The topological polar surface area (TPSA) is 97.8 Å². The largest absolute Gasteiger partial charge is 0.586 e. The Morgan fingerprint density at radius 3 is 2.53 bits per heavy atom. The monoisotopic (exact) mass is 460 g/mol. The van der Waals surface area contributed by atoms with E-state index in [1.54, 1.807) is 26.0 Å². The summed E-state index contributed by atoms with van der Waals surface area (Å²) in [6.45, 7) is 5.12. The average Bonchev–Trinajstić information content (AvgIpc) is 3.31. The summed E-state index contributed by atoms with van der Waals surface area (Å²) in [4.78, 5) is 29.3. The lowest BCUT2D eigenvalue weighted by molar-refractivity contribution is -0.286. The van der Waals surface area contributed by atoms with Crippen LogP contribution < -0.4 is 14.8 Å². The van der Waals surface area contributed by atoms with Crippen LogP contribution in [-0.2, 0) is 10.2 Å². The van der Waals surface area contributed by atoms with Crippen LogP contribution in [0.4, 0.5) is 14.6 Å². The quantitative estimate of drug-likeness (QED) is 0.553. The molecule has 0 fully saturated rings. The molecule has 3 aromatic rings. The van der Waals surface area contributed by atoms with Crippen molar-refractivity contribution in [2.24, 2.45) is 0 Å². The van der Waals surface area contributed by atoms with Gasteiger partial charge in [-0.05, 0) is 56.2 Å². The van der Waals surface area contributed by atoms with Crippen LogP contribution in [-0.4, -0.2) is 28.3 Å². The minimum Gasteiger partial charge on any atom is -0.478 e. The number of thiophene rings is 1. The number of ether oxygens (including phenoxy) is 2. The van der Waals surface area contributed by atoms with Crippen molar-refractivity contribution in [3.63, 3.8) is 0 Å². The molecule has 1 amide bonds. The van der Waals surface area contributed by atoms with Gasteiger partial charge in [0.1, 0.15) is 5.82 Å². The fraction of sp³-hybridized carbons (Fsp3) is 0.227. The van der Waals surface area contributed by atoms with Gasteiger partial charge in [0.15, 0.2) is 11.5 Å². The van der Waals surface area contributed by atoms with Crippen molar-refractivity contribution in [1.29, 1.82) is 0 Å². The Balaban J connectivity index is 1.58. The predicted octanol–water partition coefficient (Wildman–Crippen LogP) is 5.05. The summed E-state index contributed by atoms with van der Waals surface area (Å²) < 4.78 is 35.5. The van der Waals surface area contributed by atoms with Crippen LogP contribution in [0.2, 0.25) is 0 Å². The maximum absolute atomic E-state index is 13.3. The molecule has 0 spiro atoms. The van der Waals surface area contributed by atoms with Gasteiger partial charge in [-0.3, -0.25) is 4.79 Å². The third-order valence-electron chi connectivity index (χ3n) is 5.11. The van der Waals surface area contributed by atoms with Crippen molar-refractivity contribution in [3.05, 3.63) is 58.5 Å². The number of pyridine rings is 1. The SMILES string of the molecule is Cc1ccc(NC(=O)C(C)(C)c2ccc3c(c2)OC(F)(F)O3)nc1-c1cc(C(=O)O)cs1. The number of aromatic carboxylic acids is 1. The van der Waals surface area contributed by atoms with Crippen LogP contribution >= 0.6 is 11.3 Å². The molecule has 2 aromatic heterocycles. The number of hydrogen-bond donors (Lipinski definition) is 2. The van der Waals surface area contributed by atoms with E-state index in [1.807, 2.05) is 6.92 Å². The van der Waals surface area contributed by atoms with E-state index in [0.29, 0.717) is 16.1 Å². The van der Waals surface area contributed by atoms with Gasteiger partial charge in [0.05, 0.1) is 21.5 Å². The molecule has 0 atom stereocenters. The number of hydrogen-bond acceptors (Lipinski definition) is 6. The maximum Gasteiger partial charge on any atom is 0.586 e. The number of nitrogens with zero attached hydrogens (tertiary/aromatic N) is 1. The van der Waals surface area contributed by atoms with E-state index in [4.69, 9.17) is 5.11 Å². The molecule has 0 radical (unpaired) electrons. The molecule has 166 valence electrons. The zero-order valence-corrected chi connectivity index (χ0v) is 18.0. The number of alkyl halides is 2. The van der Waals surface area contributed by atoms with Crippen molar-refractivity contribution in [1.82, 2.24) is 4.98 Å². The lowest BCUT2D eigenvalue weighted by Gasteiger charge is -2.24. The van der Waals surface area contributed by atoms with Crippen LogP contribution in [0.15, 0.2) is 41.8 Å². The molecular formula is C22H18F2N2O5S. The molecule has 7 nitrogen and oxygen atoms in total. The van der Waals surface area contributed by atoms with Crippen LogP contribution in [0.5, 0.6) is 11.5 Å². The normalized spacial score (nSPS) is 14.3. The number of halogens is 2. The Morgan fingerprint density at radius 1 is 1.12 bits per heavy atom. The highest BCUT2D eigenvalue weighted by atomic mass is 32.1. The van der Waals surface area contributed by atoms with Gasteiger partial charge >= 0.3 is 12.3 Å². The first kappa shape index (κ1) is 21.7. The average molecular weight is 460 g/mol. The number of carboxylic acids is 1. The Bertz CT molecular complexity index is 1240. The third-order valence-corrected chi connectivity index (χ3v) is 6.05. The molecule has 4 rings (SSSR count). The molecular weight excluding hydrogens is 442 g/mol. The Hall–Kier alpha value is -3.53. The molecule has 0 bridgehead atoms. The van der Waals surface area contributed by atoms with E-state index in [-0.39, 0.29) is 22.9 Å². The minimum atomic E-state index is -3.74. The molecule has 10 heteroatoms. The number of carbonyl (C=O) groups is 2. The molecule has 1 aliphatic heterocycles. The van der Waals surface area contributed by atoms with Crippen LogP contribution in [0.1, 0.15) is 35.3 Å². The number of nitrogens with one attached hydrogen (secondary N) is 1. The molecule has 1 aliphatic rings. The lowest BCUT2D eigenvalue weighted by Crippen LogP contribution is -2.35. The molecule has 0 saturated carbocycles. The number of aryl methyl sites for hydroxylation is 1. The standard InChI is InChI=1S/C22H18F2N2O5S/c1-11-4-7-17(25-18(11)16-8-12(10-32-16)19(27)28)26-20(29)21(2,3)13-5-6-14-15(9-13)31-22(23,24)30-14/h4-10H,1-3H3,(H,27,28)(H,25,26,29). The summed E-state index contributed by atoms with van der Waals surface area (Å²) in [5, 5.41) is 13.4. The highest BCUT2D eigenvalue weighted by Crippen LogP contribution is 2.43. The fourth-order valence-corrected chi connectivity index (χ4v) is 4.10. The first-order chi connectivity index (χ1) is 15.0. The Kier molecular flexibility index (Phi) is 5.12. The lowest BCUT2D eigenvalue weighted by atomic mass is 9.83. The summed E-state index contributed by atoms with van der Waals surface area (Å²) in [7, 11) is 0. The number of benzene rings is 1. The molecule has 1 aromatic carbocycles. The first-order valence-corrected chi connectivity index (χ1v) is 10.4. The zero-order valence-electron chi connectivity index (χ0n) is 17.2. The summed E-state index contributed by atoms with van der Waals surface area (Å²) in [6, 6.07) is 9.14. The second-order valence-electron chi connectivity index (χ2n) is 7.77. The first-order valence-electron chi connectivity index (χ1n) is 9.48. The smallest absolute Gasteiger partial charge is 0.478 e. The number of anilines is 1. The molecule has 0 aliphatic carbocycles. The predicted molar refractivity (Wildman–Crippen MR) is 114 cm³/mol. The molecule has 0 unspecified atom stereocenters. The second-order valence-corrected chi connectivity index (χ2v) is 8.69. The number of amides is 1. The van der Waals surface area contributed by atoms with Crippen molar-refractivity contribution >= 4 is 29.0 Å². The van der Waals surface area contributed by atoms with Gasteiger partial charge in [-0.2, -0.15) is 0 Å². The maximum atomic E-state index is 13.3. The van der Waals surface area contributed by atoms with E-state index in [2.05, 4.69) is 19.8 Å². The van der Waals surface area contributed by atoms with Crippen molar-refractivity contribution in [3.8, 4) is 22.1 Å². The molecule has 32 heavy (non-hydrogen) atoms. The third kappa shape index (κ3) is 4.01. The molecule has 2 N–H and O–H groups in total. The highest BCUT2D eigenvalue weighted by Gasteiger charge is 2.44. The van der Waals surface area contributed by atoms with Gasteiger partial charge in [0.25, 0.3) is 0 Å². The van der Waals surface area contributed by atoms with Gasteiger partial charge in [-0.1, -0.05) is 12.1 Å². The van der Waals surface area contributed by atoms with Gasteiger partial charge in [0, 0.05) is 5.38 Å². The molecule has 0 saturated heterocycles. The Morgan fingerprint density at radius 2 is 1.84 bits per heavy atom. The van der Waals surface area contributed by atoms with E-state index >= 15 is 0 Å². The second kappa shape index (κ2) is 7.56. The zero-order chi connectivity index (χ0) is 23.3. The summed E-state index contributed by atoms with van der Waals surface area (Å²) in [6.07, 6.45) is -3.74. The van der Waals surface area contributed by atoms with Crippen molar-refractivity contribution in [2.45, 2.75) is 32.5 Å². The van der Waals surface area contributed by atoms with Crippen molar-refractivity contribution in [2.75, 3.05) is 5.32 Å². The fourth-order valence-electron chi connectivity index (χ4n) is 3.16. The van der Waals surface area contributed by atoms with E-state index in [0.717, 1.165) is 5.56 Å². The summed E-state index contributed by atoms with van der Waals surface area (Å²) in [5.41, 5.74) is 0.880. The number of fused-ring (bicyclic) bond motifs is 1. The van der Waals surface area contributed by atoms with Gasteiger partial charge in [-0.25, -0.2) is 9.78 Å². The van der Waals surface area contributed by atoms with Crippen LogP contribution in [0.25, 0.3) is 10.6 Å². The van der Waals surface area contributed by atoms with Gasteiger partial charge in [-0.15, -0.1) is 20.1 Å².